The molecule has 0 bridgehead atoms. The molecule has 0 radical (unpaired) electrons. The van der Waals surface area contributed by atoms with Crippen molar-refractivity contribution in [2.24, 2.45) is 0 Å². The molecular weight excluding hydrogens is 208 g/mol. The van der Waals surface area contributed by atoms with E-state index in [0.717, 1.165) is 0 Å². The summed E-state index contributed by atoms with van der Waals surface area (Å²) in [6.45, 7) is 13.6. The number of hydrogen-bond acceptors (Lipinski definition) is 1. The first-order chi connectivity index (χ1) is 7.71. The zero-order valence-corrected chi connectivity index (χ0v) is 11.7. The normalized spacial score (nSPS) is 13.3. The van der Waals surface area contributed by atoms with E-state index in [4.69, 9.17) is 0 Å². The Labute approximate surface area is 104 Å². The van der Waals surface area contributed by atoms with E-state index in [9.17, 15) is 0 Å². The minimum atomic E-state index is 0.139. The van der Waals surface area contributed by atoms with Gasteiger partial charge >= 0.3 is 0 Å². The van der Waals surface area contributed by atoms with E-state index in [1.165, 1.54) is 16.6 Å². The summed E-state index contributed by atoms with van der Waals surface area (Å²) in [4.78, 5) is 0. The van der Waals surface area contributed by atoms with Crippen LogP contribution in [0.1, 0.15) is 52.7 Å². The first-order valence-electron chi connectivity index (χ1n) is 6.18. The van der Waals surface area contributed by atoms with Gasteiger partial charge in [-0.3, -0.25) is 0 Å². The Balaban J connectivity index is 2.84. The minimum absolute atomic E-state index is 0.139. The molecule has 17 heavy (non-hydrogen) atoms. The maximum absolute atomic E-state index is 4.41. The Morgan fingerprint density at radius 1 is 1.00 bits per heavy atom. The topological polar surface area (TPSA) is 17.3 Å². The fraction of sp³-hybridized carbons (Fsp3) is 0.533. The van der Waals surface area contributed by atoms with Gasteiger partial charge in [-0.2, -0.15) is 5.10 Å². The molecule has 0 spiro atoms. The smallest absolute Gasteiger partial charge is 0.0687 e. The lowest BCUT2D eigenvalue weighted by atomic mass is 9.77. The minimum Gasteiger partial charge on any atom is -0.240 e. The summed E-state index contributed by atoms with van der Waals surface area (Å²) in [5.74, 6) is 0. The van der Waals surface area contributed by atoms with Crippen molar-refractivity contribution in [2.75, 3.05) is 0 Å². The molecule has 2 rings (SSSR count). The predicted molar refractivity (Wildman–Crippen MR) is 72.6 cm³/mol. The lowest BCUT2D eigenvalue weighted by Crippen LogP contribution is -2.20. The molecule has 0 amide bonds. The fourth-order valence-corrected chi connectivity index (χ4v) is 2.37. The van der Waals surface area contributed by atoms with Crippen molar-refractivity contribution in [2.45, 2.75) is 52.4 Å². The van der Waals surface area contributed by atoms with Crippen LogP contribution in [0.15, 0.2) is 24.5 Å². The maximum atomic E-state index is 4.41. The van der Waals surface area contributed by atoms with Crippen LogP contribution in [0.2, 0.25) is 0 Å². The summed E-state index contributed by atoms with van der Waals surface area (Å²) in [6.07, 6.45) is 4.02. The molecule has 92 valence electrons. The number of aromatic nitrogens is 2. The van der Waals surface area contributed by atoms with Crippen LogP contribution < -0.4 is 0 Å². The van der Waals surface area contributed by atoms with Crippen LogP contribution in [-0.2, 0) is 10.8 Å². The van der Waals surface area contributed by atoms with E-state index in [1.54, 1.807) is 0 Å². The number of fused-ring (bicyclic) bond motifs is 1. The third kappa shape index (κ3) is 2.08. The van der Waals surface area contributed by atoms with Crippen molar-refractivity contribution < 1.29 is 0 Å². The molecule has 2 aromatic rings. The van der Waals surface area contributed by atoms with Crippen molar-refractivity contribution in [3.63, 3.8) is 0 Å². The van der Waals surface area contributed by atoms with Gasteiger partial charge in [0.15, 0.2) is 0 Å². The number of nitrogens with zero attached hydrogens (tertiary/aromatic N) is 2. The van der Waals surface area contributed by atoms with Gasteiger partial charge in [0, 0.05) is 12.4 Å². The van der Waals surface area contributed by atoms with E-state index in [-0.39, 0.29) is 10.8 Å². The van der Waals surface area contributed by atoms with Gasteiger partial charge in [-0.15, -0.1) is 0 Å². The molecule has 0 unspecified atom stereocenters. The van der Waals surface area contributed by atoms with Gasteiger partial charge in [-0.1, -0.05) is 41.5 Å². The third-order valence-corrected chi connectivity index (χ3v) is 3.11. The highest BCUT2D eigenvalue weighted by Crippen LogP contribution is 2.37. The standard InChI is InChI=1S/C15H22N2/c1-14(2,3)11-10-17-12(8-7-9-16-17)13(11)15(4,5)6/h7-10H,1-6H3. The van der Waals surface area contributed by atoms with Crippen LogP contribution in [-0.4, -0.2) is 9.61 Å². The molecule has 2 aromatic heterocycles. The molecule has 0 saturated carbocycles. The lowest BCUT2D eigenvalue weighted by molar-refractivity contribution is 0.537. The number of rotatable bonds is 0. The van der Waals surface area contributed by atoms with Gasteiger partial charge in [0.2, 0.25) is 0 Å². The van der Waals surface area contributed by atoms with Crippen LogP contribution >= 0.6 is 0 Å². The molecular formula is C15H22N2. The molecule has 2 heterocycles. The highest BCUT2D eigenvalue weighted by molar-refractivity contribution is 5.62. The van der Waals surface area contributed by atoms with Crippen LogP contribution in [0.25, 0.3) is 5.52 Å². The summed E-state index contributed by atoms with van der Waals surface area (Å²) >= 11 is 0. The molecule has 0 aromatic carbocycles. The predicted octanol–water partition coefficient (Wildman–Crippen LogP) is 3.93. The molecule has 0 aliphatic carbocycles. The van der Waals surface area contributed by atoms with Crippen molar-refractivity contribution in [3.05, 3.63) is 35.7 Å². The average Bonchev–Trinajstić information content (AvgIpc) is 2.54. The van der Waals surface area contributed by atoms with Crippen LogP contribution in [0.4, 0.5) is 0 Å². The van der Waals surface area contributed by atoms with E-state index in [2.05, 4.69) is 58.9 Å². The van der Waals surface area contributed by atoms with Crippen LogP contribution in [0.3, 0.4) is 0 Å². The first-order valence-corrected chi connectivity index (χ1v) is 6.18. The zero-order chi connectivity index (χ0) is 12.8. The Kier molecular flexibility index (Phi) is 2.57. The van der Waals surface area contributed by atoms with Gasteiger partial charge in [0.05, 0.1) is 5.52 Å². The Hall–Kier alpha value is -1.31. The van der Waals surface area contributed by atoms with Crippen molar-refractivity contribution in [1.29, 1.82) is 0 Å². The van der Waals surface area contributed by atoms with Gasteiger partial charge in [-0.25, -0.2) is 4.52 Å². The quantitative estimate of drug-likeness (QED) is 0.670. The zero-order valence-electron chi connectivity index (χ0n) is 11.7. The maximum Gasteiger partial charge on any atom is 0.0687 e. The second kappa shape index (κ2) is 3.59. The second-order valence-corrected chi connectivity index (χ2v) is 6.77. The summed E-state index contributed by atoms with van der Waals surface area (Å²) in [5.41, 5.74) is 4.32. The van der Waals surface area contributed by atoms with E-state index in [1.807, 2.05) is 16.8 Å². The molecule has 0 N–H and O–H groups in total. The average molecular weight is 230 g/mol. The van der Waals surface area contributed by atoms with E-state index >= 15 is 0 Å². The monoisotopic (exact) mass is 230 g/mol. The van der Waals surface area contributed by atoms with Gasteiger partial charge in [0.25, 0.3) is 0 Å². The Morgan fingerprint density at radius 3 is 2.18 bits per heavy atom. The molecule has 0 fully saturated rings. The first kappa shape index (κ1) is 12.2. The molecule has 2 nitrogen and oxygen atoms in total. The van der Waals surface area contributed by atoms with Crippen molar-refractivity contribution in [1.82, 2.24) is 9.61 Å². The molecule has 2 heteroatoms. The van der Waals surface area contributed by atoms with Gasteiger partial charge in [0.1, 0.15) is 0 Å². The number of hydrogen-bond donors (Lipinski definition) is 0. The second-order valence-electron chi connectivity index (χ2n) is 6.77. The molecule has 0 saturated heterocycles. The fourth-order valence-electron chi connectivity index (χ4n) is 2.37. The van der Waals surface area contributed by atoms with E-state index in [0.29, 0.717) is 0 Å². The van der Waals surface area contributed by atoms with Crippen molar-refractivity contribution in [3.8, 4) is 0 Å². The molecule has 0 atom stereocenters. The molecule has 0 aliphatic rings. The van der Waals surface area contributed by atoms with E-state index < -0.39 is 0 Å². The highest BCUT2D eigenvalue weighted by atomic mass is 15.2. The summed E-state index contributed by atoms with van der Waals surface area (Å²) < 4.78 is 2.00. The third-order valence-electron chi connectivity index (χ3n) is 3.11. The largest absolute Gasteiger partial charge is 0.240 e. The van der Waals surface area contributed by atoms with Crippen LogP contribution in [0, 0.1) is 0 Å². The SMILES string of the molecule is CC(C)(C)c1cn2ncccc2c1C(C)(C)C. The lowest BCUT2D eigenvalue weighted by Gasteiger charge is -2.26. The summed E-state index contributed by atoms with van der Waals surface area (Å²) in [5, 5.41) is 4.41. The highest BCUT2D eigenvalue weighted by Gasteiger charge is 2.28. The van der Waals surface area contributed by atoms with Gasteiger partial charge < -0.3 is 0 Å². The van der Waals surface area contributed by atoms with Gasteiger partial charge in [-0.05, 0) is 34.1 Å². The Morgan fingerprint density at radius 2 is 1.65 bits per heavy atom. The molecule has 0 aliphatic heterocycles. The summed E-state index contributed by atoms with van der Waals surface area (Å²) in [6, 6.07) is 4.17. The van der Waals surface area contributed by atoms with Crippen molar-refractivity contribution >= 4 is 5.52 Å². The van der Waals surface area contributed by atoms with Crippen LogP contribution in [0.5, 0.6) is 0 Å². The summed E-state index contributed by atoms with van der Waals surface area (Å²) in [7, 11) is 0. The Bertz CT molecular complexity index is 536.